The van der Waals surface area contributed by atoms with Gasteiger partial charge >= 0.3 is 6.18 Å². The van der Waals surface area contributed by atoms with Crippen molar-refractivity contribution >= 4 is 32.1 Å². The lowest BCUT2D eigenvalue weighted by atomic mass is 9.73. The van der Waals surface area contributed by atoms with Crippen LogP contribution in [-0.4, -0.2) is 82.4 Å². The van der Waals surface area contributed by atoms with Gasteiger partial charge in [0.05, 0.1) is 42.1 Å². The van der Waals surface area contributed by atoms with Gasteiger partial charge in [-0.1, -0.05) is 12.0 Å². The van der Waals surface area contributed by atoms with Crippen molar-refractivity contribution < 1.29 is 31.1 Å². The van der Waals surface area contributed by atoms with Gasteiger partial charge in [-0.2, -0.15) is 13.2 Å². The number of sulfone groups is 1. The average Bonchev–Trinajstić information content (AvgIpc) is 3.34. The summed E-state index contributed by atoms with van der Waals surface area (Å²) in [5.41, 5.74) is 8.11. The second kappa shape index (κ2) is 12.7. The predicted octanol–water partition coefficient (Wildman–Crippen LogP) is 5.48. The monoisotopic (exact) mass is 658 g/mol. The minimum absolute atomic E-state index is 0.0912. The van der Waals surface area contributed by atoms with Gasteiger partial charge in [-0.05, 0) is 74.8 Å². The topological polar surface area (TPSA) is 90.0 Å². The van der Waals surface area contributed by atoms with Gasteiger partial charge in [0.1, 0.15) is 12.3 Å². The Balaban J connectivity index is 1.27. The first-order chi connectivity index (χ1) is 21.9. The van der Waals surface area contributed by atoms with E-state index in [1.165, 1.54) is 19.6 Å². The average molecular weight is 659 g/mol. The quantitative estimate of drug-likeness (QED) is 0.266. The SMILES string of the molecule is COc1cc(S(C)(=O)=O)ccc1N(CC#Cc1cc2c(N)cccc2n1CC(F)(F)F)C1CCC(N2CC3(CCCOC3)C2)CC1. The zero-order chi connectivity index (χ0) is 32.7. The Morgan fingerprint density at radius 2 is 1.89 bits per heavy atom. The van der Waals surface area contributed by atoms with Gasteiger partial charge in [-0.3, -0.25) is 4.90 Å². The van der Waals surface area contributed by atoms with Crippen molar-refractivity contribution in [3.63, 3.8) is 0 Å². The Labute approximate surface area is 268 Å². The Hall–Kier alpha value is -3.40. The molecule has 3 aliphatic rings. The van der Waals surface area contributed by atoms with Gasteiger partial charge in [0, 0.05) is 60.6 Å². The third kappa shape index (κ3) is 6.82. The second-order valence-corrected chi connectivity index (χ2v) is 15.1. The van der Waals surface area contributed by atoms with Crippen LogP contribution in [0.15, 0.2) is 47.4 Å². The molecule has 2 saturated heterocycles. The van der Waals surface area contributed by atoms with Crippen LogP contribution in [0, 0.1) is 17.3 Å². The largest absolute Gasteiger partial charge is 0.495 e. The fourth-order valence-corrected chi connectivity index (χ4v) is 8.12. The maximum atomic E-state index is 13.6. The van der Waals surface area contributed by atoms with Crippen molar-refractivity contribution in [1.29, 1.82) is 0 Å². The summed E-state index contributed by atoms with van der Waals surface area (Å²) in [5.74, 6) is 6.56. The Kier molecular flexibility index (Phi) is 8.95. The third-order valence-corrected chi connectivity index (χ3v) is 10.9. The van der Waals surface area contributed by atoms with Gasteiger partial charge in [0.2, 0.25) is 0 Å². The van der Waals surface area contributed by atoms with Gasteiger partial charge in [0.15, 0.2) is 9.84 Å². The molecule has 0 bridgehead atoms. The van der Waals surface area contributed by atoms with Gasteiger partial charge < -0.3 is 24.7 Å². The van der Waals surface area contributed by atoms with Crippen LogP contribution in [0.25, 0.3) is 10.9 Å². The molecule has 8 nitrogen and oxygen atoms in total. The number of likely N-dealkylation sites (tertiary alicyclic amines) is 1. The number of fused-ring (bicyclic) bond motifs is 1. The van der Waals surface area contributed by atoms with Crippen molar-refractivity contribution in [2.24, 2.45) is 5.41 Å². The van der Waals surface area contributed by atoms with Crippen molar-refractivity contribution in [3.05, 3.63) is 48.2 Å². The number of halogens is 3. The molecule has 3 heterocycles. The first-order valence-electron chi connectivity index (χ1n) is 15.8. The van der Waals surface area contributed by atoms with E-state index >= 15 is 0 Å². The third-order valence-electron chi connectivity index (χ3n) is 9.78. The standard InChI is InChI=1S/C34H41F3N4O4S/c1-44-32-19-27(46(2,42)43)13-14-31(32)40(25-11-9-24(10-12-25)39-20-33(21-39)15-5-17-45-23-33)16-4-6-26-18-28-29(38)7-3-8-30(28)41(26)22-34(35,36)37/h3,7-8,13-14,18-19,24-25H,5,9-12,15-17,20-23,38H2,1-2H3. The molecule has 46 heavy (non-hydrogen) atoms. The molecule has 0 atom stereocenters. The van der Waals surface area contributed by atoms with Crippen LogP contribution in [0.4, 0.5) is 24.5 Å². The first kappa shape index (κ1) is 32.5. The van der Waals surface area contributed by atoms with E-state index in [4.69, 9.17) is 15.2 Å². The number of nitrogens with zero attached hydrogens (tertiary/aromatic N) is 3. The number of benzene rings is 2. The summed E-state index contributed by atoms with van der Waals surface area (Å²) < 4.78 is 78.0. The summed E-state index contributed by atoms with van der Waals surface area (Å²) in [6.07, 6.45) is 2.87. The summed E-state index contributed by atoms with van der Waals surface area (Å²) in [6, 6.07) is 11.9. The highest BCUT2D eigenvalue weighted by Crippen LogP contribution is 2.43. The van der Waals surface area contributed by atoms with Crippen LogP contribution in [0.5, 0.6) is 5.75 Å². The number of hydrogen-bond donors (Lipinski definition) is 1. The number of alkyl halides is 3. The van der Waals surface area contributed by atoms with E-state index in [-0.39, 0.29) is 23.2 Å². The van der Waals surface area contributed by atoms with E-state index in [2.05, 4.69) is 21.6 Å². The van der Waals surface area contributed by atoms with E-state index < -0.39 is 22.6 Å². The zero-order valence-electron chi connectivity index (χ0n) is 26.3. The Bertz CT molecular complexity index is 1740. The molecule has 1 saturated carbocycles. The highest BCUT2D eigenvalue weighted by molar-refractivity contribution is 7.90. The van der Waals surface area contributed by atoms with Crippen LogP contribution in [0.3, 0.4) is 0 Å². The van der Waals surface area contributed by atoms with Gasteiger partial charge in [-0.15, -0.1) is 0 Å². The van der Waals surface area contributed by atoms with E-state index in [1.54, 1.807) is 36.4 Å². The molecule has 2 aromatic carbocycles. The number of nitrogens with two attached hydrogens (primary N) is 1. The minimum atomic E-state index is -4.44. The molecule has 0 amide bonds. The second-order valence-electron chi connectivity index (χ2n) is 13.1. The lowest BCUT2D eigenvalue weighted by molar-refractivity contribution is -0.140. The summed E-state index contributed by atoms with van der Waals surface area (Å²) in [5, 5.41) is 0.525. The molecule has 0 radical (unpaired) electrons. The Morgan fingerprint density at radius 3 is 2.54 bits per heavy atom. The van der Waals surface area contributed by atoms with Crippen LogP contribution in [0.2, 0.25) is 0 Å². The van der Waals surface area contributed by atoms with Gasteiger partial charge in [0.25, 0.3) is 0 Å². The lowest BCUT2D eigenvalue weighted by Gasteiger charge is -2.56. The van der Waals surface area contributed by atoms with E-state index in [0.29, 0.717) is 39.5 Å². The number of hydrogen-bond acceptors (Lipinski definition) is 7. The number of anilines is 2. The highest BCUT2D eigenvalue weighted by atomic mass is 32.2. The van der Waals surface area contributed by atoms with Crippen molar-refractivity contribution in [2.45, 2.75) is 68.2 Å². The molecule has 6 rings (SSSR count). The van der Waals surface area contributed by atoms with Crippen LogP contribution < -0.4 is 15.4 Å². The van der Waals surface area contributed by atoms with Crippen LogP contribution in [0.1, 0.15) is 44.2 Å². The fourth-order valence-electron chi connectivity index (χ4n) is 7.48. The lowest BCUT2D eigenvalue weighted by Crippen LogP contribution is -2.63. The van der Waals surface area contributed by atoms with Crippen LogP contribution in [-0.2, 0) is 21.1 Å². The van der Waals surface area contributed by atoms with E-state index in [9.17, 15) is 21.6 Å². The van der Waals surface area contributed by atoms with E-state index in [1.807, 2.05) is 0 Å². The molecular weight excluding hydrogens is 617 g/mol. The molecule has 2 N–H and O–H groups in total. The number of rotatable bonds is 7. The molecule has 2 aliphatic heterocycles. The Morgan fingerprint density at radius 1 is 1.13 bits per heavy atom. The molecule has 3 aromatic rings. The van der Waals surface area contributed by atoms with Crippen molar-refractivity contribution in [2.75, 3.05) is 56.8 Å². The first-order valence-corrected chi connectivity index (χ1v) is 17.6. The van der Waals surface area contributed by atoms with Crippen LogP contribution >= 0.6 is 0 Å². The maximum Gasteiger partial charge on any atom is 0.406 e. The predicted molar refractivity (Wildman–Crippen MR) is 173 cm³/mol. The molecule has 1 aromatic heterocycles. The number of methoxy groups -OCH3 is 1. The van der Waals surface area contributed by atoms with Crippen molar-refractivity contribution in [3.8, 4) is 17.6 Å². The normalized spacial score (nSPS) is 21.8. The molecule has 1 aliphatic carbocycles. The number of aromatic nitrogens is 1. The van der Waals surface area contributed by atoms with Gasteiger partial charge in [-0.25, -0.2) is 8.42 Å². The maximum absolute atomic E-state index is 13.6. The zero-order valence-corrected chi connectivity index (χ0v) is 27.1. The minimum Gasteiger partial charge on any atom is -0.495 e. The summed E-state index contributed by atoms with van der Waals surface area (Å²) in [6.45, 7) is 2.91. The number of nitrogen functional groups attached to an aromatic ring is 1. The molecule has 0 unspecified atom stereocenters. The summed E-state index contributed by atoms with van der Waals surface area (Å²) in [4.78, 5) is 4.85. The highest BCUT2D eigenvalue weighted by Gasteiger charge is 2.47. The smallest absolute Gasteiger partial charge is 0.406 e. The summed E-state index contributed by atoms with van der Waals surface area (Å²) in [7, 11) is -1.96. The molecule has 1 spiro atoms. The molecule has 12 heteroatoms. The molecular formula is C34H41F3N4O4S. The molecule has 248 valence electrons. The number of ether oxygens (including phenoxy) is 2. The van der Waals surface area contributed by atoms with E-state index in [0.717, 1.165) is 69.2 Å². The molecule has 3 fully saturated rings. The fraction of sp³-hybridized carbons (Fsp3) is 0.529. The summed E-state index contributed by atoms with van der Waals surface area (Å²) >= 11 is 0. The van der Waals surface area contributed by atoms with Crippen molar-refractivity contribution in [1.82, 2.24) is 9.47 Å².